The van der Waals surface area contributed by atoms with E-state index in [0.717, 1.165) is 24.5 Å². The lowest BCUT2D eigenvalue weighted by molar-refractivity contribution is -0.148. The van der Waals surface area contributed by atoms with Crippen molar-refractivity contribution in [3.8, 4) is 0 Å². The Bertz CT molecular complexity index is 321. The van der Waals surface area contributed by atoms with Crippen LogP contribution in [0.15, 0.2) is 0 Å². The Labute approximate surface area is 118 Å². The maximum Gasteiger partial charge on any atom is 0.0685 e. The van der Waals surface area contributed by atoms with Gasteiger partial charge in [0.25, 0.3) is 0 Å². The summed E-state index contributed by atoms with van der Waals surface area (Å²) < 4.78 is 6.11. The highest BCUT2D eigenvalue weighted by Crippen LogP contribution is 2.57. The topological polar surface area (TPSA) is 21.3 Å². The van der Waals surface area contributed by atoms with Crippen LogP contribution in [0, 0.1) is 17.3 Å². The van der Waals surface area contributed by atoms with Crippen molar-refractivity contribution in [2.75, 3.05) is 13.2 Å². The molecule has 3 aliphatic rings. The molecule has 1 aliphatic heterocycles. The first-order valence-electron chi connectivity index (χ1n) is 8.44. The van der Waals surface area contributed by atoms with Gasteiger partial charge < -0.3 is 10.1 Å². The van der Waals surface area contributed by atoms with Crippen LogP contribution in [0.25, 0.3) is 0 Å². The molecular formula is C17H31NO. The molecule has 0 aromatic heterocycles. The van der Waals surface area contributed by atoms with Crippen LogP contribution in [0.5, 0.6) is 0 Å². The molecule has 0 bridgehead atoms. The Morgan fingerprint density at radius 2 is 2.00 bits per heavy atom. The molecule has 0 amide bonds. The molecule has 2 aliphatic carbocycles. The molecule has 1 spiro atoms. The third-order valence-corrected chi connectivity index (χ3v) is 5.96. The van der Waals surface area contributed by atoms with Crippen molar-refractivity contribution in [3.05, 3.63) is 0 Å². The van der Waals surface area contributed by atoms with Crippen LogP contribution in [0.3, 0.4) is 0 Å². The van der Waals surface area contributed by atoms with Crippen LogP contribution in [0.2, 0.25) is 0 Å². The lowest BCUT2D eigenvalue weighted by Gasteiger charge is -2.49. The summed E-state index contributed by atoms with van der Waals surface area (Å²) in [5, 5.41) is 3.89. The average Bonchev–Trinajstić information content (AvgIpc) is 2.97. The van der Waals surface area contributed by atoms with Gasteiger partial charge in [-0.3, -0.25) is 0 Å². The van der Waals surface area contributed by atoms with Gasteiger partial charge >= 0.3 is 0 Å². The highest BCUT2D eigenvalue weighted by molar-refractivity contribution is 5.06. The molecule has 110 valence electrons. The Hall–Kier alpha value is -0.0800. The molecule has 2 nitrogen and oxygen atoms in total. The number of hydrogen-bond acceptors (Lipinski definition) is 2. The fourth-order valence-corrected chi connectivity index (χ4v) is 4.36. The molecule has 2 saturated carbocycles. The molecule has 19 heavy (non-hydrogen) atoms. The van der Waals surface area contributed by atoms with Gasteiger partial charge in [0.2, 0.25) is 0 Å². The summed E-state index contributed by atoms with van der Waals surface area (Å²) in [7, 11) is 0. The normalized spacial score (nSPS) is 36.8. The van der Waals surface area contributed by atoms with Crippen molar-refractivity contribution < 1.29 is 4.74 Å². The summed E-state index contributed by atoms with van der Waals surface area (Å²) in [5.41, 5.74) is 0.880. The Kier molecular flexibility index (Phi) is 3.68. The fraction of sp³-hybridized carbons (Fsp3) is 1.00. The minimum absolute atomic E-state index is 0.300. The molecule has 3 atom stereocenters. The monoisotopic (exact) mass is 265 g/mol. The zero-order valence-corrected chi connectivity index (χ0v) is 13.0. The maximum absolute atomic E-state index is 6.11. The smallest absolute Gasteiger partial charge is 0.0685 e. The van der Waals surface area contributed by atoms with Crippen LogP contribution < -0.4 is 5.32 Å². The van der Waals surface area contributed by atoms with E-state index < -0.39 is 0 Å². The van der Waals surface area contributed by atoms with Crippen LogP contribution >= 0.6 is 0 Å². The van der Waals surface area contributed by atoms with Crippen molar-refractivity contribution in [2.45, 2.75) is 77.4 Å². The van der Waals surface area contributed by atoms with E-state index in [-0.39, 0.29) is 0 Å². The van der Waals surface area contributed by atoms with Crippen molar-refractivity contribution in [2.24, 2.45) is 17.3 Å². The van der Waals surface area contributed by atoms with E-state index in [9.17, 15) is 0 Å². The predicted octanol–water partition coefficient (Wildman–Crippen LogP) is 3.75. The second kappa shape index (κ2) is 5.04. The van der Waals surface area contributed by atoms with Gasteiger partial charge in [-0.25, -0.2) is 0 Å². The number of rotatable bonds is 5. The second-order valence-electron chi connectivity index (χ2n) is 7.92. The van der Waals surface area contributed by atoms with E-state index in [1.807, 2.05) is 0 Å². The van der Waals surface area contributed by atoms with E-state index in [1.54, 1.807) is 0 Å². The van der Waals surface area contributed by atoms with Crippen LogP contribution in [-0.2, 0) is 4.74 Å². The minimum atomic E-state index is 0.300. The zero-order valence-electron chi connectivity index (χ0n) is 13.0. The standard InChI is InChI=1S/C17H31NO/c1-4-9-18-15(14-12-16(14,2)3)13-6-10-19-17(11-13)7-5-8-17/h13-15,18H,4-12H2,1-3H3. The number of ether oxygens (including phenoxy) is 1. The van der Waals surface area contributed by atoms with Crippen molar-refractivity contribution >= 4 is 0 Å². The first kappa shape index (κ1) is 13.9. The van der Waals surface area contributed by atoms with E-state index in [1.165, 1.54) is 51.5 Å². The van der Waals surface area contributed by atoms with E-state index >= 15 is 0 Å². The van der Waals surface area contributed by atoms with Gasteiger partial charge in [0.1, 0.15) is 0 Å². The second-order valence-corrected chi connectivity index (χ2v) is 7.92. The van der Waals surface area contributed by atoms with Gasteiger partial charge in [-0.1, -0.05) is 20.8 Å². The van der Waals surface area contributed by atoms with Gasteiger partial charge in [0.15, 0.2) is 0 Å². The molecule has 1 heterocycles. The first-order valence-corrected chi connectivity index (χ1v) is 8.44. The Morgan fingerprint density at radius 3 is 2.53 bits per heavy atom. The molecule has 3 fully saturated rings. The molecule has 0 aromatic rings. The molecule has 1 N–H and O–H groups in total. The van der Waals surface area contributed by atoms with Crippen molar-refractivity contribution in [3.63, 3.8) is 0 Å². The summed E-state index contributed by atoms with van der Waals surface area (Å²) in [4.78, 5) is 0. The van der Waals surface area contributed by atoms with E-state index in [0.29, 0.717) is 11.0 Å². The summed E-state index contributed by atoms with van der Waals surface area (Å²) >= 11 is 0. The van der Waals surface area contributed by atoms with Gasteiger partial charge in [-0.2, -0.15) is 0 Å². The molecular weight excluding hydrogens is 234 g/mol. The third kappa shape index (κ3) is 2.71. The van der Waals surface area contributed by atoms with Crippen LogP contribution in [-0.4, -0.2) is 24.8 Å². The highest BCUT2D eigenvalue weighted by atomic mass is 16.5. The highest BCUT2D eigenvalue weighted by Gasteiger charge is 2.54. The number of hydrogen-bond donors (Lipinski definition) is 1. The lowest BCUT2D eigenvalue weighted by Crippen LogP contribution is -2.51. The number of nitrogens with one attached hydrogen (secondary N) is 1. The fourth-order valence-electron chi connectivity index (χ4n) is 4.36. The molecule has 3 unspecified atom stereocenters. The van der Waals surface area contributed by atoms with Gasteiger partial charge in [0, 0.05) is 12.6 Å². The molecule has 3 rings (SSSR count). The minimum Gasteiger partial charge on any atom is -0.375 e. The lowest BCUT2D eigenvalue weighted by atomic mass is 9.69. The van der Waals surface area contributed by atoms with Crippen molar-refractivity contribution in [1.82, 2.24) is 5.32 Å². The summed E-state index contributed by atoms with van der Waals surface area (Å²) in [6.45, 7) is 9.34. The SMILES string of the molecule is CCCNC(C1CCOC2(CCC2)C1)C1CC1(C)C. The summed E-state index contributed by atoms with van der Waals surface area (Å²) in [5.74, 6) is 1.76. The molecule has 1 saturated heterocycles. The van der Waals surface area contributed by atoms with Gasteiger partial charge in [0.05, 0.1) is 5.60 Å². The Balaban J connectivity index is 1.65. The van der Waals surface area contributed by atoms with Gasteiger partial charge in [-0.15, -0.1) is 0 Å². The molecule has 2 heteroatoms. The third-order valence-electron chi connectivity index (χ3n) is 5.96. The van der Waals surface area contributed by atoms with E-state index in [4.69, 9.17) is 4.74 Å². The predicted molar refractivity (Wildman–Crippen MR) is 79.2 cm³/mol. The molecule has 0 aromatic carbocycles. The summed E-state index contributed by atoms with van der Waals surface area (Å²) in [6.07, 6.45) is 9.28. The largest absolute Gasteiger partial charge is 0.375 e. The molecule has 0 radical (unpaired) electrons. The van der Waals surface area contributed by atoms with Crippen LogP contribution in [0.1, 0.15) is 65.7 Å². The van der Waals surface area contributed by atoms with E-state index in [2.05, 4.69) is 26.1 Å². The van der Waals surface area contributed by atoms with Crippen LogP contribution in [0.4, 0.5) is 0 Å². The Morgan fingerprint density at radius 1 is 1.26 bits per heavy atom. The van der Waals surface area contributed by atoms with Crippen molar-refractivity contribution in [1.29, 1.82) is 0 Å². The zero-order chi connectivity index (χ0) is 13.5. The van der Waals surface area contributed by atoms with Gasteiger partial charge in [-0.05, 0) is 68.7 Å². The quantitative estimate of drug-likeness (QED) is 0.817. The maximum atomic E-state index is 6.11. The summed E-state index contributed by atoms with van der Waals surface area (Å²) in [6, 6.07) is 0.747. The first-order chi connectivity index (χ1) is 9.06. The average molecular weight is 265 g/mol.